The normalized spacial score (nSPS) is 18.3. The van der Waals surface area contributed by atoms with Crippen LogP contribution in [0, 0.1) is 6.92 Å². The van der Waals surface area contributed by atoms with E-state index in [1.807, 2.05) is 23.1 Å². The molecule has 1 unspecified atom stereocenters. The van der Waals surface area contributed by atoms with E-state index in [1.54, 1.807) is 0 Å². The van der Waals surface area contributed by atoms with Gasteiger partial charge in [-0.1, -0.05) is 48.0 Å². The lowest BCUT2D eigenvalue weighted by molar-refractivity contribution is -0.120. The first-order valence-electron chi connectivity index (χ1n) is 7.35. The number of benzene rings is 2. The van der Waals surface area contributed by atoms with Crippen LogP contribution in [0.2, 0.25) is 0 Å². The summed E-state index contributed by atoms with van der Waals surface area (Å²) in [6.45, 7) is 2.63. The zero-order valence-corrected chi connectivity index (χ0v) is 12.3. The van der Waals surface area contributed by atoms with E-state index >= 15 is 0 Å². The third kappa shape index (κ3) is 2.83. The molecule has 2 aromatic rings. The molecular weight excluding hydrogens is 260 g/mol. The molecule has 3 nitrogen and oxygen atoms in total. The van der Waals surface area contributed by atoms with Crippen LogP contribution in [-0.4, -0.2) is 11.9 Å². The highest BCUT2D eigenvalue weighted by Gasteiger charge is 2.27. The molecule has 0 fully saturated rings. The minimum Gasteiger partial charge on any atom is -0.320 e. The van der Waals surface area contributed by atoms with Crippen LogP contribution >= 0.6 is 0 Å². The first-order valence-corrected chi connectivity index (χ1v) is 7.35. The Hall–Kier alpha value is -2.13. The van der Waals surface area contributed by atoms with Crippen molar-refractivity contribution < 1.29 is 4.79 Å². The largest absolute Gasteiger partial charge is 0.320 e. The molecule has 1 heterocycles. The van der Waals surface area contributed by atoms with Gasteiger partial charge >= 0.3 is 0 Å². The number of nitrogens with zero attached hydrogens (tertiary/aromatic N) is 1. The van der Waals surface area contributed by atoms with Gasteiger partial charge in [0.1, 0.15) is 0 Å². The summed E-state index contributed by atoms with van der Waals surface area (Å²) in [6.07, 6.45) is 1.56. The van der Waals surface area contributed by atoms with Gasteiger partial charge in [0.15, 0.2) is 0 Å². The molecule has 0 aliphatic carbocycles. The number of hydrogen-bond donors (Lipinski definition) is 1. The van der Waals surface area contributed by atoms with Crippen LogP contribution in [0.5, 0.6) is 0 Å². The molecule has 3 rings (SSSR count). The third-order valence-corrected chi connectivity index (χ3v) is 4.05. The van der Waals surface area contributed by atoms with Gasteiger partial charge in [-0.3, -0.25) is 4.79 Å². The first kappa shape index (κ1) is 13.8. The number of rotatable bonds is 2. The number of anilines is 1. The molecular formula is C18H20N2O. The Morgan fingerprint density at radius 2 is 1.86 bits per heavy atom. The van der Waals surface area contributed by atoms with Gasteiger partial charge in [-0.15, -0.1) is 0 Å². The van der Waals surface area contributed by atoms with Crippen molar-refractivity contribution in [2.75, 3.05) is 4.90 Å². The van der Waals surface area contributed by atoms with Crippen molar-refractivity contribution in [1.29, 1.82) is 0 Å². The van der Waals surface area contributed by atoms with Gasteiger partial charge < -0.3 is 10.6 Å². The average Bonchev–Trinajstić information content (AvgIpc) is 2.62. The second-order valence-electron chi connectivity index (χ2n) is 5.68. The number of fused-ring (bicyclic) bond motifs is 1. The lowest BCUT2D eigenvalue weighted by Crippen LogP contribution is -2.42. The SMILES string of the molecule is Cc1ccc(CN2C(=O)C(N)CCc3ccccc32)cc1. The zero-order chi connectivity index (χ0) is 14.8. The van der Waals surface area contributed by atoms with Crippen LogP contribution in [0.1, 0.15) is 23.1 Å². The van der Waals surface area contributed by atoms with Gasteiger partial charge in [0.05, 0.1) is 12.6 Å². The summed E-state index contributed by atoms with van der Waals surface area (Å²) in [7, 11) is 0. The fourth-order valence-electron chi connectivity index (χ4n) is 2.78. The van der Waals surface area contributed by atoms with Crippen molar-refractivity contribution in [3.63, 3.8) is 0 Å². The highest BCUT2D eigenvalue weighted by molar-refractivity contribution is 5.98. The molecule has 0 radical (unpaired) electrons. The quantitative estimate of drug-likeness (QED) is 0.919. The molecule has 0 saturated heterocycles. The Labute approximate surface area is 125 Å². The van der Waals surface area contributed by atoms with Crippen molar-refractivity contribution in [3.8, 4) is 0 Å². The van der Waals surface area contributed by atoms with E-state index in [4.69, 9.17) is 5.73 Å². The Morgan fingerprint density at radius 3 is 2.62 bits per heavy atom. The molecule has 2 N–H and O–H groups in total. The molecule has 1 aliphatic heterocycles. The molecule has 3 heteroatoms. The van der Waals surface area contributed by atoms with Crippen molar-refractivity contribution >= 4 is 11.6 Å². The van der Waals surface area contributed by atoms with E-state index in [9.17, 15) is 4.79 Å². The number of carbonyl (C=O) groups excluding carboxylic acids is 1. The second-order valence-corrected chi connectivity index (χ2v) is 5.68. The van der Waals surface area contributed by atoms with E-state index < -0.39 is 6.04 Å². The van der Waals surface area contributed by atoms with Gasteiger partial charge in [-0.25, -0.2) is 0 Å². The second kappa shape index (κ2) is 5.70. The van der Waals surface area contributed by atoms with Crippen LogP contribution in [0.25, 0.3) is 0 Å². The van der Waals surface area contributed by atoms with Crippen molar-refractivity contribution in [1.82, 2.24) is 0 Å². The predicted octanol–water partition coefficient (Wildman–Crippen LogP) is 2.80. The van der Waals surface area contributed by atoms with E-state index in [1.165, 1.54) is 11.1 Å². The summed E-state index contributed by atoms with van der Waals surface area (Å²) in [4.78, 5) is 14.4. The number of aryl methyl sites for hydroxylation is 2. The van der Waals surface area contributed by atoms with Crippen LogP contribution in [0.15, 0.2) is 48.5 Å². The Morgan fingerprint density at radius 1 is 1.14 bits per heavy atom. The molecule has 108 valence electrons. The van der Waals surface area contributed by atoms with Crippen LogP contribution in [-0.2, 0) is 17.8 Å². The number of para-hydroxylation sites is 1. The summed E-state index contributed by atoms with van der Waals surface area (Å²) >= 11 is 0. The first-order chi connectivity index (χ1) is 10.1. The van der Waals surface area contributed by atoms with Crippen LogP contribution < -0.4 is 10.6 Å². The Kier molecular flexibility index (Phi) is 3.76. The molecule has 1 amide bonds. The van der Waals surface area contributed by atoms with E-state index in [-0.39, 0.29) is 5.91 Å². The minimum absolute atomic E-state index is 0.0144. The van der Waals surface area contributed by atoms with Crippen LogP contribution in [0.4, 0.5) is 5.69 Å². The summed E-state index contributed by atoms with van der Waals surface area (Å²) in [5.74, 6) is 0.0144. The van der Waals surface area contributed by atoms with E-state index in [0.717, 1.165) is 17.7 Å². The monoisotopic (exact) mass is 280 g/mol. The lowest BCUT2D eigenvalue weighted by Gasteiger charge is -2.25. The third-order valence-electron chi connectivity index (χ3n) is 4.05. The summed E-state index contributed by atoms with van der Waals surface area (Å²) < 4.78 is 0. The number of carbonyl (C=O) groups is 1. The summed E-state index contributed by atoms with van der Waals surface area (Å²) in [5, 5.41) is 0. The topological polar surface area (TPSA) is 46.3 Å². The summed E-state index contributed by atoms with van der Waals surface area (Å²) in [6, 6.07) is 16.0. The lowest BCUT2D eigenvalue weighted by atomic mass is 10.1. The molecule has 1 aliphatic rings. The van der Waals surface area contributed by atoms with E-state index in [2.05, 4.69) is 37.3 Å². The van der Waals surface area contributed by atoms with Gasteiger partial charge in [-0.2, -0.15) is 0 Å². The average molecular weight is 280 g/mol. The Balaban J connectivity index is 1.97. The molecule has 0 bridgehead atoms. The van der Waals surface area contributed by atoms with Gasteiger partial charge in [0, 0.05) is 5.69 Å². The molecule has 1 atom stereocenters. The number of nitrogens with two attached hydrogens (primary N) is 1. The van der Waals surface area contributed by atoms with Crippen molar-refractivity contribution in [3.05, 3.63) is 65.2 Å². The highest BCUT2D eigenvalue weighted by atomic mass is 16.2. The Bertz CT molecular complexity index is 649. The van der Waals surface area contributed by atoms with Crippen molar-refractivity contribution in [2.24, 2.45) is 5.73 Å². The minimum atomic E-state index is -0.414. The smallest absolute Gasteiger partial charge is 0.244 e. The van der Waals surface area contributed by atoms with Gasteiger partial charge in [0.25, 0.3) is 0 Å². The molecule has 2 aromatic carbocycles. The fourth-order valence-corrected chi connectivity index (χ4v) is 2.78. The van der Waals surface area contributed by atoms with Crippen molar-refractivity contribution in [2.45, 2.75) is 32.4 Å². The standard InChI is InChI=1S/C18H20N2O/c1-13-6-8-14(9-7-13)12-20-17-5-3-2-4-15(17)10-11-16(19)18(20)21/h2-9,16H,10-12,19H2,1H3. The number of hydrogen-bond acceptors (Lipinski definition) is 2. The molecule has 21 heavy (non-hydrogen) atoms. The molecule has 0 aromatic heterocycles. The van der Waals surface area contributed by atoms with Crippen LogP contribution in [0.3, 0.4) is 0 Å². The molecule has 0 spiro atoms. The summed E-state index contributed by atoms with van der Waals surface area (Å²) in [5.41, 5.74) is 10.6. The van der Waals surface area contributed by atoms with Gasteiger partial charge in [-0.05, 0) is 37.0 Å². The predicted molar refractivity (Wildman–Crippen MR) is 85.1 cm³/mol. The molecule has 0 saturated carbocycles. The maximum atomic E-state index is 12.6. The fraction of sp³-hybridized carbons (Fsp3) is 0.278. The maximum Gasteiger partial charge on any atom is 0.244 e. The van der Waals surface area contributed by atoms with Gasteiger partial charge in [0.2, 0.25) is 5.91 Å². The zero-order valence-electron chi connectivity index (χ0n) is 12.3. The van der Waals surface area contributed by atoms with E-state index in [0.29, 0.717) is 13.0 Å². The highest BCUT2D eigenvalue weighted by Crippen LogP contribution is 2.28. The number of amides is 1. The maximum absolute atomic E-state index is 12.6.